The molecule has 0 aliphatic rings. The summed E-state index contributed by atoms with van der Waals surface area (Å²) >= 11 is 0. The maximum absolute atomic E-state index is 12.4. The van der Waals surface area contributed by atoms with Gasteiger partial charge in [0.2, 0.25) is 0 Å². The molecule has 0 unspecified atom stereocenters. The molecule has 0 saturated carbocycles. The Morgan fingerprint density at radius 1 is 1.22 bits per heavy atom. The topological polar surface area (TPSA) is 79.0 Å². The van der Waals surface area contributed by atoms with Gasteiger partial charge in [-0.15, -0.1) is 0 Å². The number of aromatic nitrogens is 3. The number of hydrogen-bond acceptors (Lipinski definition) is 4. The van der Waals surface area contributed by atoms with Crippen LogP contribution in [0.2, 0.25) is 0 Å². The Bertz CT molecular complexity index is 916. The van der Waals surface area contributed by atoms with E-state index >= 15 is 0 Å². The van der Waals surface area contributed by atoms with Gasteiger partial charge in [0.15, 0.2) is 0 Å². The SMILES string of the molecule is Cc1ccc(C(=O)N(C)Cc2nc3ccccc3c(=O)[nH]2)cn1. The second kappa shape index (κ2) is 6.00. The molecule has 0 fully saturated rings. The molecule has 1 N–H and O–H groups in total. The van der Waals surface area contributed by atoms with E-state index in [2.05, 4.69) is 15.0 Å². The van der Waals surface area contributed by atoms with Crippen molar-refractivity contribution in [2.45, 2.75) is 13.5 Å². The van der Waals surface area contributed by atoms with Crippen molar-refractivity contribution in [3.8, 4) is 0 Å². The Morgan fingerprint density at radius 2 is 2.00 bits per heavy atom. The Morgan fingerprint density at radius 3 is 2.74 bits per heavy atom. The standard InChI is InChI=1S/C17H16N4O2/c1-11-7-8-12(9-18-11)17(23)21(2)10-15-19-14-6-4-3-5-13(14)16(22)20-15/h3-9H,10H2,1-2H3,(H,19,20,22). The van der Waals surface area contributed by atoms with Crippen molar-refractivity contribution in [3.63, 3.8) is 0 Å². The highest BCUT2D eigenvalue weighted by Crippen LogP contribution is 2.09. The zero-order valence-corrected chi connectivity index (χ0v) is 12.9. The first-order chi connectivity index (χ1) is 11.0. The predicted molar refractivity (Wildman–Crippen MR) is 87.1 cm³/mol. The van der Waals surface area contributed by atoms with Crippen LogP contribution in [-0.4, -0.2) is 32.8 Å². The normalized spacial score (nSPS) is 10.7. The molecule has 0 atom stereocenters. The first-order valence-electron chi connectivity index (χ1n) is 7.20. The lowest BCUT2D eigenvalue weighted by Gasteiger charge is -2.16. The average Bonchev–Trinajstić information content (AvgIpc) is 2.55. The minimum atomic E-state index is -0.205. The molecule has 0 bridgehead atoms. The minimum Gasteiger partial charge on any atom is -0.334 e. The van der Waals surface area contributed by atoms with Gasteiger partial charge in [0.1, 0.15) is 5.82 Å². The van der Waals surface area contributed by atoms with Gasteiger partial charge in [-0.1, -0.05) is 12.1 Å². The lowest BCUT2D eigenvalue weighted by molar-refractivity contribution is 0.0781. The second-order valence-electron chi connectivity index (χ2n) is 5.38. The summed E-state index contributed by atoms with van der Waals surface area (Å²) in [6.45, 7) is 2.08. The fourth-order valence-electron chi connectivity index (χ4n) is 2.32. The largest absolute Gasteiger partial charge is 0.334 e. The number of H-pyrrole nitrogens is 1. The van der Waals surface area contributed by atoms with Gasteiger partial charge in [0, 0.05) is 18.9 Å². The van der Waals surface area contributed by atoms with E-state index in [1.807, 2.05) is 13.0 Å². The maximum atomic E-state index is 12.4. The number of nitrogens with one attached hydrogen (secondary N) is 1. The number of pyridine rings is 1. The molecule has 0 spiro atoms. The van der Waals surface area contributed by atoms with Gasteiger partial charge in [0.05, 0.1) is 23.0 Å². The summed E-state index contributed by atoms with van der Waals surface area (Å²) < 4.78 is 0. The predicted octanol–water partition coefficient (Wildman–Crippen LogP) is 1.90. The summed E-state index contributed by atoms with van der Waals surface area (Å²) in [5, 5.41) is 0.535. The number of fused-ring (bicyclic) bond motifs is 1. The van der Waals surface area contributed by atoms with Crippen molar-refractivity contribution in [3.05, 3.63) is 70.0 Å². The van der Waals surface area contributed by atoms with Crippen LogP contribution in [0.25, 0.3) is 10.9 Å². The van der Waals surface area contributed by atoms with Crippen LogP contribution in [0.5, 0.6) is 0 Å². The Kier molecular flexibility index (Phi) is 3.89. The molecule has 6 heteroatoms. The molecule has 2 aromatic heterocycles. The van der Waals surface area contributed by atoms with Gasteiger partial charge in [-0.3, -0.25) is 14.6 Å². The van der Waals surface area contributed by atoms with Crippen LogP contribution in [0, 0.1) is 6.92 Å². The molecule has 0 aliphatic heterocycles. The third-order valence-corrected chi connectivity index (χ3v) is 3.55. The van der Waals surface area contributed by atoms with Crippen LogP contribution in [0.3, 0.4) is 0 Å². The number of rotatable bonds is 3. The zero-order valence-electron chi connectivity index (χ0n) is 12.9. The number of aromatic amines is 1. The molecular weight excluding hydrogens is 292 g/mol. The first-order valence-corrected chi connectivity index (χ1v) is 7.20. The van der Waals surface area contributed by atoms with Gasteiger partial charge in [0.25, 0.3) is 11.5 Å². The second-order valence-corrected chi connectivity index (χ2v) is 5.38. The highest BCUT2D eigenvalue weighted by atomic mass is 16.2. The van der Waals surface area contributed by atoms with Crippen molar-refractivity contribution >= 4 is 16.8 Å². The molecule has 6 nitrogen and oxygen atoms in total. The van der Waals surface area contributed by atoms with Crippen LogP contribution >= 0.6 is 0 Å². The molecule has 0 saturated heterocycles. The molecule has 116 valence electrons. The van der Waals surface area contributed by atoms with Crippen molar-refractivity contribution < 1.29 is 4.79 Å². The molecule has 3 rings (SSSR count). The van der Waals surface area contributed by atoms with Crippen molar-refractivity contribution in [1.29, 1.82) is 0 Å². The van der Waals surface area contributed by atoms with E-state index < -0.39 is 0 Å². The van der Waals surface area contributed by atoms with E-state index in [0.29, 0.717) is 22.3 Å². The molecule has 0 radical (unpaired) electrons. The number of carbonyl (C=O) groups is 1. The van der Waals surface area contributed by atoms with Crippen LogP contribution < -0.4 is 5.56 Å². The smallest absolute Gasteiger partial charge is 0.258 e. The van der Waals surface area contributed by atoms with Crippen LogP contribution in [0.1, 0.15) is 21.9 Å². The third kappa shape index (κ3) is 3.11. The van der Waals surface area contributed by atoms with E-state index in [1.54, 1.807) is 43.6 Å². The first kappa shape index (κ1) is 14.9. The van der Waals surface area contributed by atoms with Crippen molar-refractivity contribution in [1.82, 2.24) is 19.9 Å². The van der Waals surface area contributed by atoms with Gasteiger partial charge >= 0.3 is 0 Å². The molecule has 2 heterocycles. The third-order valence-electron chi connectivity index (χ3n) is 3.55. The molecule has 3 aromatic rings. The van der Waals surface area contributed by atoms with Crippen molar-refractivity contribution in [2.24, 2.45) is 0 Å². The molecular formula is C17H16N4O2. The number of para-hydroxylation sites is 1. The van der Waals surface area contributed by atoms with Crippen molar-refractivity contribution in [2.75, 3.05) is 7.05 Å². The monoisotopic (exact) mass is 308 g/mol. The highest BCUT2D eigenvalue weighted by Gasteiger charge is 2.14. The number of carbonyl (C=O) groups excluding carboxylic acids is 1. The van der Waals surface area contributed by atoms with E-state index in [4.69, 9.17) is 0 Å². The van der Waals surface area contributed by atoms with E-state index in [1.165, 1.54) is 4.90 Å². The minimum absolute atomic E-state index is 0.173. The van der Waals surface area contributed by atoms with Crippen LogP contribution in [0.15, 0.2) is 47.4 Å². The summed E-state index contributed by atoms with van der Waals surface area (Å²) in [5.74, 6) is 0.276. The zero-order chi connectivity index (χ0) is 16.4. The quantitative estimate of drug-likeness (QED) is 0.801. The number of hydrogen-bond donors (Lipinski definition) is 1. The molecule has 1 amide bonds. The maximum Gasteiger partial charge on any atom is 0.258 e. The Balaban J connectivity index is 1.85. The fourth-order valence-corrected chi connectivity index (χ4v) is 2.32. The lowest BCUT2D eigenvalue weighted by atomic mass is 10.2. The summed E-state index contributed by atoms with van der Waals surface area (Å²) in [7, 11) is 1.66. The van der Waals surface area contributed by atoms with E-state index in [9.17, 15) is 9.59 Å². The molecule has 0 aliphatic carbocycles. The Labute approximate surface area is 132 Å². The van der Waals surface area contributed by atoms with E-state index in [0.717, 1.165) is 5.69 Å². The fraction of sp³-hybridized carbons (Fsp3) is 0.176. The van der Waals surface area contributed by atoms with Crippen LogP contribution in [0.4, 0.5) is 0 Å². The van der Waals surface area contributed by atoms with E-state index in [-0.39, 0.29) is 18.0 Å². The highest BCUT2D eigenvalue weighted by molar-refractivity contribution is 5.93. The summed E-state index contributed by atoms with van der Waals surface area (Å²) in [6, 6.07) is 10.6. The number of amides is 1. The molecule has 1 aromatic carbocycles. The van der Waals surface area contributed by atoms with Gasteiger partial charge in [-0.25, -0.2) is 4.98 Å². The van der Waals surface area contributed by atoms with Gasteiger partial charge in [-0.2, -0.15) is 0 Å². The molecule has 23 heavy (non-hydrogen) atoms. The number of aryl methyl sites for hydroxylation is 1. The summed E-state index contributed by atoms with van der Waals surface area (Å²) in [4.78, 5) is 37.2. The number of nitrogens with zero attached hydrogens (tertiary/aromatic N) is 3. The summed E-state index contributed by atoms with van der Waals surface area (Å²) in [6.07, 6.45) is 1.55. The van der Waals surface area contributed by atoms with Gasteiger partial charge in [-0.05, 0) is 31.2 Å². The average molecular weight is 308 g/mol. The summed E-state index contributed by atoms with van der Waals surface area (Å²) in [5.41, 5.74) is 1.76. The van der Waals surface area contributed by atoms with Gasteiger partial charge < -0.3 is 9.88 Å². The lowest BCUT2D eigenvalue weighted by Crippen LogP contribution is -2.28. The number of benzene rings is 1. The van der Waals surface area contributed by atoms with Crippen LogP contribution in [-0.2, 0) is 6.54 Å². The Hall–Kier alpha value is -3.02.